The first kappa shape index (κ1) is 25.6. The van der Waals surface area contributed by atoms with Crippen molar-refractivity contribution in [2.24, 2.45) is 0 Å². The lowest BCUT2D eigenvalue weighted by molar-refractivity contribution is -0.132. The van der Waals surface area contributed by atoms with Crippen LogP contribution in [0.15, 0.2) is 66.2 Å². The molecule has 1 unspecified atom stereocenters. The lowest BCUT2D eigenvalue weighted by atomic mass is 9.94. The second-order valence-corrected chi connectivity index (χ2v) is 10.4. The summed E-state index contributed by atoms with van der Waals surface area (Å²) in [5.74, 6) is -1.09. The summed E-state index contributed by atoms with van der Waals surface area (Å²) < 4.78 is 0. The predicted molar refractivity (Wildman–Crippen MR) is 148 cm³/mol. The molecular formula is C30H33N5O3. The minimum Gasteiger partial charge on any atom is -0.507 e. The molecule has 8 nitrogen and oxygen atoms in total. The molecule has 1 aromatic heterocycles. The van der Waals surface area contributed by atoms with Crippen molar-refractivity contribution in [3.8, 4) is 0 Å². The van der Waals surface area contributed by atoms with E-state index >= 15 is 0 Å². The number of aryl methyl sites for hydroxylation is 1. The molecule has 0 spiro atoms. The van der Waals surface area contributed by atoms with E-state index < -0.39 is 17.7 Å². The van der Waals surface area contributed by atoms with Gasteiger partial charge in [0.15, 0.2) is 5.82 Å². The third-order valence-corrected chi connectivity index (χ3v) is 7.40. The van der Waals surface area contributed by atoms with E-state index in [1.165, 1.54) is 4.90 Å². The Hall–Kier alpha value is -4.04. The number of amides is 1. The number of aliphatic hydroxyl groups is 1. The zero-order chi connectivity index (χ0) is 27.0. The van der Waals surface area contributed by atoms with Gasteiger partial charge in [0.1, 0.15) is 5.76 Å². The van der Waals surface area contributed by atoms with E-state index in [0.29, 0.717) is 22.7 Å². The Morgan fingerprint density at radius 3 is 2.13 bits per heavy atom. The van der Waals surface area contributed by atoms with Gasteiger partial charge < -0.3 is 14.9 Å². The van der Waals surface area contributed by atoms with Gasteiger partial charge in [-0.25, -0.2) is 0 Å². The van der Waals surface area contributed by atoms with Crippen molar-refractivity contribution in [3.63, 3.8) is 0 Å². The smallest absolute Gasteiger partial charge is 0.301 e. The molecule has 2 aliphatic rings. The Morgan fingerprint density at radius 1 is 0.895 bits per heavy atom. The lowest BCUT2D eigenvalue weighted by Crippen LogP contribution is -2.44. The maximum Gasteiger partial charge on any atom is 0.301 e. The van der Waals surface area contributed by atoms with Crippen LogP contribution < -0.4 is 9.80 Å². The highest BCUT2D eigenvalue weighted by Gasteiger charge is 2.47. The Morgan fingerprint density at radius 2 is 1.55 bits per heavy atom. The number of nitrogens with zero attached hydrogens (tertiary/aromatic N) is 5. The van der Waals surface area contributed by atoms with Crippen LogP contribution in [0.3, 0.4) is 0 Å². The van der Waals surface area contributed by atoms with Crippen LogP contribution in [0, 0.1) is 6.92 Å². The number of anilines is 2. The number of Topliss-reactive ketones (excluding diaryl/α,β-unsaturated/α-hetero) is 1. The third-order valence-electron chi connectivity index (χ3n) is 7.40. The van der Waals surface area contributed by atoms with Crippen LogP contribution in [-0.4, -0.2) is 65.1 Å². The number of piperazine rings is 1. The van der Waals surface area contributed by atoms with Crippen molar-refractivity contribution in [1.82, 2.24) is 15.1 Å². The van der Waals surface area contributed by atoms with E-state index in [0.717, 1.165) is 37.4 Å². The predicted octanol–water partition coefficient (Wildman–Crippen LogP) is 4.29. The normalized spacial score (nSPS) is 20.0. The minimum absolute atomic E-state index is 0.0435. The number of ketones is 1. The minimum atomic E-state index is -0.835. The van der Waals surface area contributed by atoms with E-state index in [-0.39, 0.29) is 17.2 Å². The largest absolute Gasteiger partial charge is 0.507 e. The van der Waals surface area contributed by atoms with Crippen LogP contribution >= 0.6 is 0 Å². The summed E-state index contributed by atoms with van der Waals surface area (Å²) in [6, 6.07) is 17.9. The number of hydrogen-bond donors (Lipinski definition) is 1. The highest BCUT2D eigenvalue weighted by atomic mass is 16.3. The molecule has 0 saturated carbocycles. The van der Waals surface area contributed by atoms with E-state index in [1.807, 2.05) is 36.4 Å². The van der Waals surface area contributed by atoms with Gasteiger partial charge in [-0.1, -0.05) is 50.2 Å². The van der Waals surface area contributed by atoms with Crippen molar-refractivity contribution >= 4 is 29.0 Å². The first-order valence-corrected chi connectivity index (χ1v) is 13.0. The van der Waals surface area contributed by atoms with Crippen molar-refractivity contribution in [1.29, 1.82) is 0 Å². The highest BCUT2D eigenvalue weighted by Crippen LogP contribution is 2.42. The first-order chi connectivity index (χ1) is 18.2. The van der Waals surface area contributed by atoms with Crippen LogP contribution in [0.1, 0.15) is 48.2 Å². The fourth-order valence-corrected chi connectivity index (χ4v) is 5.02. The molecule has 2 aliphatic heterocycles. The van der Waals surface area contributed by atoms with Crippen LogP contribution in [0.4, 0.5) is 11.5 Å². The van der Waals surface area contributed by atoms with Crippen molar-refractivity contribution in [3.05, 3.63) is 88.6 Å². The average Bonchev–Trinajstić information content (AvgIpc) is 3.19. The quantitative estimate of drug-likeness (QED) is 0.311. The van der Waals surface area contributed by atoms with E-state index in [1.54, 1.807) is 31.2 Å². The van der Waals surface area contributed by atoms with E-state index in [4.69, 9.17) is 0 Å². The summed E-state index contributed by atoms with van der Waals surface area (Å²) in [7, 11) is 2.12. The standard InChI is InChI=1S/C30H33N5O3/c1-19(2)21-6-8-23(9-7-21)28(36)26-27(35(30(38)29(26)37)25-14-5-20(3)31-32-25)22-10-12-24(13-11-22)34-17-15-33(4)16-18-34/h5-14,19,27,36H,15-18H2,1-4H3/b28-26-. The Labute approximate surface area is 223 Å². The molecule has 3 aromatic rings. The van der Waals surface area contributed by atoms with E-state index in [9.17, 15) is 14.7 Å². The van der Waals surface area contributed by atoms with Gasteiger partial charge in [-0.15, -0.1) is 5.10 Å². The Bertz CT molecular complexity index is 1360. The Kier molecular flexibility index (Phi) is 6.99. The van der Waals surface area contributed by atoms with Gasteiger partial charge >= 0.3 is 5.91 Å². The zero-order valence-electron chi connectivity index (χ0n) is 22.3. The molecule has 1 atom stereocenters. The molecule has 0 aliphatic carbocycles. The summed E-state index contributed by atoms with van der Waals surface area (Å²) in [4.78, 5) is 32.7. The number of carbonyl (C=O) groups is 2. The number of carbonyl (C=O) groups excluding carboxylic acids is 2. The van der Waals surface area contributed by atoms with Crippen molar-refractivity contribution < 1.29 is 14.7 Å². The number of rotatable bonds is 5. The summed E-state index contributed by atoms with van der Waals surface area (Å²) in [6.45, 7) is 9.83. The molecule has 0 radical (unpaired) electrons. The molecule has 0 bridgehead atoms. The molecule has 2 saturated heterocycles. The topological polar surface area (TPSA) is 89.9 Å². The average molecular weight is 512 g/mol. The van der Waals surface area contributed by atoms with Crippen molar-refractivity contribution in [2.45, 2.75) is 32.7 Å². The zero-order valence-corrected chi connectivity index (χ0v) is 22.3. The first-order valence-electron chi connectivity index (χ1n) is 13.0. The van der Waals surface area contributed by atoms with Gasteiger partial charge in [0.05, 0.1) is 17.3 Å². The fraction of sp³-hybridized carbons (Fsp3) is 0.333. The molecule has 2 aromatic carbocycles. The monoisotopic (exact) mass is 511 g/mol. The number of likely N-dealkylation sites (N-methyl/N-ethyl adjacent to an activating group) is 1. The summed E-state index contributed by atoms with van der Waals surface area (Å²) >= 11 is 0. The van der Waals surface area contributed by atoms with Crippen molar-refractivity contribution in [2.75, 3.05) is 43.0 Å². The number of aromatic nitrogens is 2. The maximum atomic E-state index is 13.4. The molecule has 2 fully saturated rings. The van der Waals surface area contributed by atoms with Gasteiger partial charge in [0.25, 0.3) is 5.78 Å². The molecule has 3 heterocycles. The second-order valence-electron chi connectivity index (χ2n) is 10.4. The second kappa shape index (κ2) is 10.4. The molecule has 196 valence electrons. The summed E-state index contributed by atoms with van der Waals surface area (Å²) in [6.07, 6.45) is 0. The van der Waals surface area contributed by atoms with Crippen LogP contribution in [0.5, 0.6) is 0 Å². The lowest BCUT2D eigenvalue weighted by Gasteiger charge is -2.34. The van der Waals surface area contributed by atoms with Crippen LogP contribution in [0.2, 0.25) is 0 Å². The molecule has 1 N–H and O–H groups in total. The summed E-state index contributed by atoms with van der Waals surface area (Å²) in [5, 5.41) is 19.7. The van der Waals surface area contributed by atoms with E-state index in [2.05, 4.69) is 40.9 Å². The van der Waals surface area contributed by atoms with Crippen LogP contribution in [0.25, 0.3) is 5.76 Å². The molecule has 8 heteroatoms. The van der Waals surface area contributed by atoms with Gasteiger partial charge in [-0.05, 0) is 55.3 Å². The third kappa shape index (κ3) is 4.79. The number of aliphatic hydroxyl groups excluding tert-OH is 1. The number of hydrogen-bond acceptors (Lipinski definition) is 7. The van der Waals surface area contributed by atoms with Gasteiger partial charge in [0, 0.05) is 37.4 Å². The maximum absolute atomic E-state index is 13.4. The summed E-state index contributed by atoms with van der Waals surface area (Å²) in [5.41, 5.74) is 4.14. The van der Waals surface area contributed by atoms with Crippen LogP contribution in [-0.2, 0) is 9.59 Å². The van der Waals surface area contributed by atoms with Gasteiger partial charge in [-0.2, -0.15) is 5.10 Å². The van der Waals surface area contributed by atoms with Gasteiger partial charge in [-0.3, -0.25) is 14.5 Å². The number of benzene rings is 2. The molecule has 1 amide bonds. The van der Waals surface area contributed by atoms with Gasteiger partial charge in [0.2, 0.25) is 0 Å². The SMILES string of the molecule is Cc1ccc(N2C(=O)C(=O)/C(=C(\O)c3ccc(C(C)C)cc3)C2c2ccc(N3CCN(C)CC3)cc2)nn1. The highest BCUT2D eigenvalue weighted by molar-refractivity contribution is 6.51. The molecule has 38 heavy (non-hydrogen) atoms. The molecule has 5 rings (SSSR count). The fourth-order valence-electron chi connectivity index (χ4n) is 5.02. The Balaban J connectivity index is 1.59. The molecular weight excluding hydrogens is 478 g/mol.